The Balaban J connectivity index is 1.26. The van der Waals surface area contributed by atoms with Gasteiger partial charge in [-0.3, -0.25) is 9.59 Å². The molecule has 1 fully saturated rings. The molecule has 1 saturated heterocycles. The van der Waals surface area contributed by atoms with E-state index in [4.69, 9.17) is 5.73 Å². The minimum absolute atomic E-state index is 0.112. The monoisotopic (exact) mass is 564 g/mol. The summed E-state index contributed by atoms with van der Waals surface area (Å²) in [4.78, 5) is 37.6. The molecule has 8 heteroatoms. The zero-order valence-electron chi connectivity index (χ0n) is 22.1. The van der Waals surface area contributed by atoms with E-state index < -0.39 is 5.91 Å². The number of carbonyl (C=O) groups is 2. The first-order chi connectivity index (χ1) is 19.5. The smallest absolute Gasteiger partial charge is 0.259 e. The summed E-state index contributed by atoms with van der Waals surface area (Å²) in [6.07, 6.45) is 4.02. The molecule has 3 heterocycles. The maximum absolute atomic E-state index is 13.9. The highest BCUT2D eigenvalue weighted by Crippen LogP contribution is 2.44. The van der Waals surface area contributed by atoms with Crippen molar-refractivity contribution in [2.24, 2.45) is 5.73 Å². The number of hydrogen-bond donors (Lipinski definition) is 1. The van der Waals surface area contributed by atoms with E-state index in [0.29, 0.717) is 23.2 Å². The highest BCUT2D eigenvalue weighted by atomic mass is 32.2. The van der Waals surface area contributed by atoms with Gasteiger partial charge >= 0.3 is 0 Å². The third-order valence-corrected chi connectivity index (χ3v) is 9.40. The predicted octanol–water partition coefficient (Wildman–Crippen LogP) is 5.98. The summed E-state index contributed by atoms with van der Waals surface area (Å²) in [6.45, 7) is 5.63. The number of likely N-dealkylation sites (tertiary alicyclic amines) is 1. The van der Waals surface area contributed by atoms with Gasteiger partial charge in [-0.15, -0.1) is 11.3 Å². The van der Waals surface area contributed by atoms with E-state index in [1.165, 1.54) is 31.3 Å². The number of thiazole rings is 1. The SMILES string of the molecule is Cc1c(C(N)=O)ccc2c1N(Cc1cnc(-c3ccc(C#CCCN4CCC4)cc3)s1)C(=O)c1ccccc1S2. The topological polar surface area (TPSA) is 79.5 Å². The van der Waals surface area contributed by atoms with Crippen molar-refractivity contribution in [3.63, 3.8) is 0 Å². The van der Waals surface area contributed by atoms with E-state index in [9.17, 15) is 9.59 Å². The molecule has 40 heavy (non-hydrogen) atoms. The van der Waals surface area contributed by atoms with Gasteiger partial charge in [-0.25, -0.2) is 4.98 Å². The molecular weight excluding hydrogens is 537 g/mol. The van der Waals surface area contributed by atoms with Crippen LogP contribution in [0.2, 0.25) is 0 Å². The molecular formula is C32H28N4O2S2. The second kappa shape index (κ2) is 11.3. The highest BCUT2D eigenvalue weighted by molar-refractivity contribution is 7.99. The van der Waals surface area contributed by atoms with Crippen LogP contribution in [-0.2, 0) is 6.54 Å². The summed E-state index contributed by atoms with van der Waals surface area (Å²) in [5, 5.41) is 0.882. The Hall–Kier alpha value is -3.90. The van der Waals surface area contributed by atoms with E-state index >= 15 is 0 Å². The fourth-order valence-corrected chi connectivity index (χ4v) is 7.01. The second-order valence-corrected chi connectivity index (χ2v) is 12.1. The zero-order chi connectivity index (χ0) is 27.6. The standard InChI is InChI=1S/C32H28N4O2S2/c1-21-25(30(33)37)14-15-28-29(21)36(32(38)26-8-2-3-9-27(26)40-28)20-24-19-34-31(39-24)23-12-10-22(11-13-23)7-4-5-16-35-17-6-18-35/h2-3,8-15,19H,5-6,16-18,20H2,1H3,(H2,33,37). The van der Waals surface area contributed by atoms with Gasteiger partial charge in [0.25, 0.3) is 5.91 Å². The van der Waals surface area contributed by atoms with Crippen LogP contribution in [0.4, 0.5) is 5.69 Å². The molecule has 2 N–H and O–H groups in total. The van der Waals surface area contributed by atoms with Crippen LogP contribution in [0, 0.1) is 18.8 Å². The molecule has 6 rings (SSSR count). The Morgan fingerprint density at radius 3 is 2.60 bits per heavy atom. The largest absolute Gasteiger partial charge is 0.366 e. The van der Waals surface area contributed by atoms with E-state index in [2.05, 4.69) is 21.7 Å². The lowest BCUT2D eigenvalue weighted by molar-refractivity contribution is 0.0976. The number of hydrogen-bond acceptors (Lipinski definition) is 6. The first kappa shape index (κ1) is 26.3. The van der Waals surface area contributed by atoms with Gasteiger partial charge in [0.1, 0.15) is 5.01 Å². The Bertz CT molecular complexity index is 1660. The average molecular weight is 565 g/mol. The molecule has 0 unspecified atom stereocenters. The summed E-state index contributed by atoms with van der Waals surface area (Å²) in [6, 6.07) is 19.4. The third-order valence-electron chi connectivity index (χ3n) is 7.25. The van der Waals surface area contributed by atoms with Gasteiger partial charge in [-0.2, -0.15) is 0 Å². The van der Waals surface area contributed by atoms with E-state index in [0.717, 1.165) is 49.5 Å². The number of amides is 2. The maximum Gasteiger partial charge on any atom is 0.259 e. The molecule has 0 radical (unpaired) electrons. The molecule has 2 aliphatic rings. The number of primary amides is 1. The van der Waals surface area contributed by atoms with Crippen LogP contribution in [0.3, 0.4) is 0 Å². The molecule has 200 valence electrons. The quantitative estimate of drug-likeness (QED) is 0.292. The summed E-state index contributed by atoms with van der Waals surface area (Å²) >= 11 is 3.09. The zero-order valence-corrected chi connectivity index (χ0v) is 23.8. The third kappa shape index (κ3) is 5.28. The van der Waals surface area contributed by atoms with Gasteiger partial charge in [0.15, 0.2) is 0 Å². The van der Waals surface area contributed by atoms with Crippen molar-refractivity contribution in [3.8, 4) is 22.4 Å². The number of benzene rings is 3. The van der Waals surface area contributed by atoms with Crippen molar-refractivity contribution in [1.82, 2.24) is 9.88 Å². The first-order valence-corrected chi connectivity index (χ1v) is 14.9. The van der Waals surface area contributed by atoms with Crippen molar-refractivity contribution in [2.75, 3.05) is 24.5 Å². The van der Waals surface area contributed by atoms with Crippen molar-refractivity contribution >= 4 is 40.6 Å². The Morgan fingerprint density at radius 2 is 1.85 bits per heavy atom. The summed E-state index contributed by atoms with van der Waals surface area (Å²) in [7, 11) is 0. The Labute approximate surface area is 242 Å². The lowest BCUT2D eigenvalue weighted by Gasteiger charge is -2.29. The van der Waals surface area contributed by atoms with Crippen LogP contribution in [-0.4, -0.2) is 41.3 Å². The van der Waals surface area contributed by atoms with Crippen LogP contribution < -0.4 is 10.6 Å². The minimum Gasteiger partial charge on any atom is -0.366 e. The molecule has 2 amide bonds. The lowest BCUT2D eigenvalue weighted by atomic mass is 10.0. The van der Waals surface area contributed by atoms with Crippen molar-refractivity contribution in [3.05, 3.63) is 94.0 Å². The second-order valence-electron chi connectivity index (χ2n) is 9.89. The molecule has 3 aromatic carbocycles. The lowest BCUT2D eigenvalue weighted by Crippen LogP contribution is -2.37. The van der Waals surface area contributed by atoms with E-state index in [1.54, 1.807) is 22.3 Å². The molecule has 0 atom stereocenters. The molecule has 6 nitrogen and oxygen atoms in total. The molecule has 0 bridgehead atoms. The van der Waals surface area contributed by atoms with Gasteiger partial charge in [0.2, 0.25) is 5.91 Å². The molecule has 1 aromatic heterocycles. The van der Waals surface area contributed by atoms with Gasteiger partial charge in [0, 0.05) is 50.5 Å². The van der Waals surface area contributed by atoms with Gasteiger partial charge in [0.05, 0.1) is 17.8 Å². The fraction of sp³-hybridized carbons (Fsp3) is 0.219. The number of anilines is 1. The average Bonchev–Trinajstić information content (AvgIpc) is 3.35. The number of rotatable bonds is 6. The number of nitrogens with zero attached hydrogens (tertiary/aromatic N) is 3. The maximum atomic E-state index is 13.9. The van der Waals surface area contributed by atoms with Crippen molar-refractivity contribution in [2.45, 2.75) is 36.1 Å². The summed E-state index contributed by atoms with van der Waals surface area (Å²) in [5.74, 6) is 5.91. The number of carbonyl (C=O) groups excluding carboxylic acids is 2. The summed E-state index contributed by atoms with van der Waals surface area (Å²) in [5.41, 5.74) is 10.1. The number of fused-ring (bicyclic) bond motifs is 2. The van der Waals surface area contributed by atoms with Crippen LogP contribution in [0.1, 0.15) is 49.6 Å². The predicted molar refractivity (Wildman–Crippen MR) is 161 cm³/mol. The van der Waals surface area contributed by atoms with Crippen LogP contribution in [0.25, 0.3) is 10.6 Å². The van der Waals surface area contributed by atoms with E-state index in [1.807, 2.05) is 67.7 Å². The molecule has 4 aromatic rings. The fourth-order valence-electron chi connectivity index (χ4n) is 4.96. The molecule has 0 spiro atoms. The Kier molecular flexibility index (Phi) is 7.44. The van der Waals surface area contributed by atoms with Crippen molar-refractivity contribution < 1.29 is 9.59 Å². The summed E-state index contributed by atoms with van der Waals surface area (Å²) < 4.78 is 0. The molecule has 0 saturated carbocycles. The van der Waals surface area contributed by atoms with Gasteiger partial charge in [-0.1, -0.05) is 47.9 Å². The minimum atomic E-state index is -0.510. The molecule has 2 aliphatic heterocycles. The number of aromatic nitrogens is 1. The van der Waals surface area contributed by atoms with E-state index in [-0.39, 0.29) is 5.91 Å². The van der Waals surface area contributed by atoms with Crippen LogP contribution >= 0.6 is 23.1 Å². The Morgan fingerprint density at radius 1 is 1.05 bits per heavy atom. The normalized spacial score (nSPS) is 14.4. The van der Waals surface area contributed by atoms with Crippen molar-refractivity contribution in [1.29, 1.82) is 0 Å². The van der Waals surface area contributed by atoms with Crippen LogP contribution in [0.15, 0.2) is 76.7 Å². The highest BCUT2D eigenvalue weighted by Gasteiger charge is 2.30. The van der Waals surface area contributed by atoms with Gasteiger partial charge in [-0.05, 0) is 68.4 Å². The van der Waals surface area contributed by atoms with Gasteiger partial charge < -0.3 is 15.5 Å². The molecule has 0 aliphatic carbocycles. The number of nitrogens with two attached hydrogens (primary N) is 1. The first-order valence-electron chi connectivity index (χ1n) is 13.3. The van der Waals surface area contributed by atoms with Crippen LogP contribution in [0.5, 0.6) is 0 Å².